The highest BCUT2D eigenvalue weighted by Crippen LogP contribution is 2.32. The maximum atomic E-state index is 13.1. The van der Waals surface area contributed by atoms with Gasteiger partial charge < -0.3 is 15.5 Å². The van der Waals surface area contributed by atoms with Gasteiger partial charge in [-0.2, -0.15) is 0 Å². The van der Waals surface area contributed by atoms with Crippen LogP contribution in [0, 0.1) is 5.92 Å². The molecule has 2 atom stereocenters. The van der Waals surface area contributed by atoms with Crippen LogP contribution in [0.3, 0.4) is 0 Å². The molecule has 2 N–H and O–H groups in total. The second-order valence-corrected chi connectivity index (χ2v) is 7.93. The van der Waals surface area contributed by atoms with E-state index in [0.29, 0.717) is 17.5 Å². The van der Waals surface area contributed by atoms with Crippen LogP contribution in [0.25, 0.3) is 0 Å². The molecule has 0 saturated carbocycles. The van der Waals surface area contributed by atoms with E-state index in [4.69, 9.17) is 17.3 Å². The van der Waals surface area contributed by atoms with Gasteiger partial charge in [-0.1, -0.05) is 41.9 Å². The summed E-state index contributed by atoms with van der Waals surface area (Å²) in [6.07, 6.45) is 2.89. The van der Waals surface area contributed by atoms with Crippen molar-refractivity contribution in [3.63, 3.8) is 0 Å². The predicted octanol–water partition coefficient (Wildman–Crippen LogP) is 3.80. The van der Waals surface area contributed by atoms with Crippen molar-refractivity contribution < 1.29 is 4.79 Å². The third-order valence-corrected chi connectivity index (χ3v) is 5.94. The molecule has 2 unspecified atom stereocenters. The third-order valence-electron chi connectivity index (χ3n) is 5.68. The molecule has 2 fully saturated rings. The number of guanidine groups is 1. The Morgan fingerprint density at radius 1 is 1.07 bits per heavy atom. The van der Waals surface area contributed by atoms with Gasteiger partial charge in [0.2, 0.25) is 5.91 Å². The van der Waals surface area contributed by atoms with Crippen LogP contribution in [-0.4, -0.2) is 40.8 Å². The van der Waals surface area contributed by atoms with Crippen molar-refractivity contribution in [2.24, 2.45) is 16.6 Å². The highest BCUT2D eigenvalue weighted by Gasteiger charge is 2.42. The first-order valence-electron chi connectivity index (χ1n) is 9.81. The Morgan fingerprint density at radius 2 is 1.82 bits per heavy atom. The average molecular weight is 397 g/mol. The number of carbonyl (C=O) groups excluding carboxylic acids is 1. The number of benzene rings is 2. The first-order chi connectivity index (χ1) is 13.6. The molecule has 0 radical (unpaired) electrons. The van der Waals surface area contributed by atoms with Gasteiger partial charge in [0.05, 0.1) is 11.6 Å². The third kappa shape index (κ3) is 3.99. The SMILES string of the molecule is NC(=Nc1ccc(Cl)cc1)N1CCCC1C1CCN(Cc2ccccc2)C1=O. The van der Waals surface area contributed by atoms with Gasteiger partial charge in [0.15, 0.2) is 5.96 Å². The van der Waals surface area contributed by atoms with Gasteiger partial charge in [-0.15, -0.1) is 0 Å². The lowest BCUT2D eigenvalue weighted by Crippen LogP contribution is -2.46. The summed E-state index contributed by atoms with van der Waals surface area (Å²) in [6, 6.07) is 17.6. The van der Waals surface area contributed by atoms with E-state index >= 15 is 0 Å². The zero-order valence-electron chi connectivity index (χ0n) is 15.8. The van der Waals surface area contributed by atoms with Crippen LogP contribution >= 0.6 is 11.6 Å². The lowest BCUT2D eigenvalue weighted by Gasteiger charge is -2.29. The van der Waals surface area contributed by atoms with Crippen LogP contribution in [-0.2, 0) is 11.3 Å². The highest BCUT2D eigenvalue weighted by molar-refractivity contribution is 6.30. The van der Waals surface area contributed by atoms with Crippen LogP contribution in [0.5, 0.6) is 0 Å². The van der Waals surface area contributed by atoms with Crippen LogP contribution in [0.2, 0.25) is 5.02 Å². The molecule has 0 aromatic heterocycles. The molecule has 2 aliphatic rings. The second kappa shape index (κ2) is 8.23. The van der Waals surface area contributed by atoms with Gasteiger partial charge in [0.25, 0.3) is 0 Å². The Morgan fingerprint density at radius 3 is 2.57 bits per heavy atom. The molecule has 6 heteroatoms. The van der Waals surface area contributed by atoms with Crippen molar-refractivity contribution in [3.05, 3.63) is 65.2 Å². The number of hydrogen-bond donors (Lipinski definition) is 1. The molecule has 4 rings (SSSR count). The molecule has 2 aromatic carbocycles. The van der Waals surface area contributed by atoms with E-state index in [-0.39, 0.29) is 17.9 Å². The van der Waals surface area contributed by atoms with Crippen molar-refractivity contribution >= 4 is 29.2 Å². The first kappa shape index (κ1) is 18.8. The zero-order chi connectivity index (χ0) is 19.5. The van der Waals surface area contributed by atoms with E-state index in [1.54, 1.807) is 12.1 Å². The number of nitrogens with zero attached hydrogens (tertiary/aromatic N) is 3. The number of aliphatic imine (C=N–C) groups is 1. The zero-order valence-corrected chi connectivity index (χ0v) is 16.6. The summed E-state index contributed by atoms with van der Waals surface area (Å²) in [7, 11) is 0. The van der Waals surface area contributed by atoms with E-state index in [2.05, 4.69) is 22.0 Å². The topological polar surface area (TPSA) is 61.9 Å². The van der Waals surface area contributed by atoms with Crippen LogP contribution in [0.15, 0.2) is 59.6 Å². The number of amides is 1. The lowest BCUT2D eigenvalue weighted by molar-refractivity contribution is -0.132. The van der Waals surface area contributed by atoms with Gasteiger partial charge in [-0.3, -0.25) is 4.79 Å². The van der Waals surface area contributed by atoms with Crippen molar-refractivity contribution in [2.75, 3.05) is 13.1 Å². The molecule has 2 heterocycles. The minimum absolute atomic E-state index is 0.00909. The van der Waals surface area contributed by atoms with Crippen molar-refractivity contribution in [2.45, 2.75) is 31.8 Å². The Labute approximate surface area is 170 Å². The van der Waals surface area contributed by atoms with Gasteiger partial charge in [0, 0.05) is 30.7 Å². The largest absolute Gasteiger partial charge is 0.369 e. The summed E-state index contributed by atoms with van der Waals surface area (Å²) in [5.41, 5.74) is 8.27. The van der Waals surface area contributed by atoms with Crippen LogP contribution < -0.4 is 5.73 Å². The van der Waals surface area contributed by atoms with Gasteiger partial charge in [-0.05, 0) is 49.1 Å². The lowest BCUT2D eigenvalue weighted by atomic mass is 9.96. The molecular weight excluding hydrogens is 372 g/mol. The Balaban J connectivity index is 1.46. The van der Waals surface area contributed by atoms with E-state index in [9.17, 15) is 4.79 Å². The molecule has 0 bridgehead atoms. The summed E-state index contributed by atoms with van der Waals surface area (Å²) in [5, 5.41) is 0.673. The molecule has 1 amide bonds. The van der Waals surface area contributed by atoms with E-state index in [0.717, 1.165) is 38.0 Å². The van der Waals surface area contributed by atoms with Crippen molar-refractivity contribution in [1.82, 2.24) is 9.80 Å². The fourth-order valence-corrected chi connectivity index (χ4v) is 4.41. The summed E-state index contributed by atoms with van der Waals surface area (Å²) < 4.78 is 0. The molecule has 2 aliphatic heterocycles. The van der Waals surface area contributed by atoms with Gasteiger partial charge in [0.1, 0.15) is 0 Å². The number of nitrogens with two attached hydrogens (primary N) is 1. The summed E-state index contributed by atoms with van der Waals surface area (Å²) in [5.74, 6) is 0.712. The average Bonchev–Trinajstić information content (AvgIpc) is 3.32. The van der Waals surface area contributed by atoms with Crippen molar-refractivity contribution in [1.29, 1.82) is 0 Å². The first-order valence-corrected chi connectivity index (χ1v) is 10.2. The second-order valence-electron chi connectivity index (χ2n) is 7.49. The smallest absolute Gasteiger partial charge is 0.228 e. The summed E-state index contributed by atoms with van der Waals surface area (Å²) in [6.45, 7) is 2.32. The van der Waals surface area contributed by atoms with E-state index in [1.165, 1.54) is 5.56 Å². The fraction of sp³-hybridized carbons (Fsp3) is 0.364. The summed E-state index contributed by atoms with van der Waals surface area (Å²) >= 11 is 5.94. The van der Waals surface area contributed by atoms with Gasteiger partial charge >= 0.3 is 0 Å². The Hall–Kier alpha value is -2.53. The number of rotatable bonds is 4. The summed E-state index contributed by atoms with van der Waals surface area (Å²) in [4.78, 5) is 21.7. The maximum absolute atomic E-state index is 13.1. The van der Waals surface area contributed by atoms with Crippen LogP contribution in [0.1, 0.15) is 24.8 Å². The Kier molecular flexibility index (Phi) is 5.53. The molecule has 0 aliphatic carbocycles. The minimum Gasteiger partial charge on any atom is -0.369 e. The van der Waals surface area contributed by atoms with E-state index < -0.39 is 0 Å². The monoisotopic (exact) mass is 396 g/mol. The number of hydrogen-bond acceptors (Lipinski definition) is 2. The number of likely N-dealkylation sites (tertiary alicyclic amines) is 2. The van der Waals surface area contributed by atoms with Crippen molar-refractivity contribution in [3.8, 4) is 0 Å². The molecule has 0 spiro atoms. The van der Waals surface area contributed by atoms with Crippen LogP contribution in [0.4, 0.5) is 5.69 Å². The highest BCUT2D eigenvalue weighted by atomic mass is 35.5. The fourth-order valence-electron chi connectivity index (χ4n) is 4.29. The maximum Gasteiger partial charge on any atom is 0.228 e. The molecule has 5 nitrogen and oxygen atoms in total. The Bertz CT molecular complexity index is 853. The molecule has 28 heavy (non-hydrogen) atoms. The van der Waals surface area contributed by atoms with E-state index in [1.807, 2.05) is 35.2 Å². The molecule has 2 saturated heterocycles. The molecular formula is C22H25ClN4O. The standard InChI is InChI=1S/C22H25ClN4O/c23-17-8-10-18(11-9-17)25-22(24)27-13-4-7-20(27)19-12-14-26(21(19)28)15-16-5-2-1-3-6-16/h1-3,5-6,8-11,19-20H,4,7,12-15H2,(H2,24,25). The normalized spacial score (nSPS) is 22.9. The molecule has 146 valence electrons. The quantitative estimate of drug-likeness (QED) is 0.631. The number of carbonyl (C=O) groups is 1. The van der Waals surface area contributed by atoms with Gasteiger partial charge in [-0.25, -0.2) is 4.99 Å². The predicted molar refractivity (Wildman–Crippen MR) is 112 cm³/mol. The molecule has 2 aromatic rings. The minimum atomic E-state index is -0.00909. The number of halogens is 1.